The fraction of sp³-hybridized carbons (Fsp3) is 0.429. The van der Waals surface area contributed by atoms with Crippen molar-refractivity contribution in [2.24, 2.45) is 0 Å². The van der Waals surface area contributed by atoms with Crippen LogP contribution in [0.15, 0.2) is 18.2 Å². The van der Waals surface area contributed by atoms with Crippen molar-refractivity contribution >= 4 is 11.9 Å². The quantitative estimate of drug-likeness (QED) is 0.794. The fourth-order valence-corrected chi connectivity index (χ4v) is 1.57. The molecule has 6 nitrogen and oxygen atoms in total. The standard InChI is InChI=1S/C14H19NO5/c1-9(2)15-13(16)6-7-20-11-5-4-10(14(17)18)8-12(11)19-3/h4-5,8-9H,6-7H2,1-3H3,(H,15,16)(H,17,18). The van der Waals surface area contributed by atoms with Crippen LogP contribution in [0.25, 0.3) is 0 Å². The second-order valence-electron chi connectivity index (χ2n) is 4.49. The van der Waals surface area contributed by atoms with Crippen molar-refractivity contribution < 1.29 is 24.2 Å². The van der Waals surface area contributed by atoms with Crippen LogP contribution in [0.5, 0.6) is 11.5 Å². The number of benzene rings is 1. The Balaban J connectivity index is 2.60. The van der Waals surface area contributed by atoms with Crippen LogP contribution in [0.3, 0.4) is 0 Å². The van der Waals surface area contributed by atoms with Gasteiger partial charge in [-0.2, -0.15) is 0 Å². The van der Waals surface area contributed by atoms with Crippen LogP contribution in [0.4, 0.5) is 0 Å². The molecule has 1 rings (SSSR count). The van der Waals surface area contributed by atoms with E-state index in [9.17, 15) is 9.59 Å². The molecule has 0 fully saturated rings. The van der Waals surface area contributed by atoms with E-state index >= 15 is 0 Å². The molecule has 1 amide bonds. The van der Waals surface area contributed by atoms with Crippen molar-refractivity contribution in [1.82, 2.24) is 5.32 Å². The largest absolute Gasteiger partial charge is 0.493 e. The van der Waals surface area contributed by atoms with E-state index in [1.807, 2.05) is 13.8 Å². The molecule has 0 saturated heterocycles. The molecule has 0 saturated carbocycles. The molecule has 0 aromatic heterocycles. The van der Waals surface area contributed by atoms with Gasteiger partial charge >= 0.3 is 5.97 Å². The molecule has 0 spiro atoms. The maximum atomic E-state index is 11.4. The molecule has 0 bridgehead atoms. The van der Waals surface area contributed by atoms with Crippen LogP contribution in [-0.4, -0.2) is 36.7 Å². The molecule has 0 aliphatic carbocycles. The second-order valence-corrected chi connectivity index (χ2v) is 4.49. The molecule has 20 heavy (non-hydrogen) atoms. The van der Waals surface area contributed by atoms with Gasteiger partial charge in [-0.25, -0.2) is 4.79 Å². The third-order valence-electron chi connectivity index (χ3n) is 2.45. The molecule has 1 aromatic carbocycles. The van der Waals surface area contributed by atoms with Gasteiger partial charge in [0, 0.05) is 6.04 Å². The van der Waals surface area contributed by atoms with Crippen LogP contribution in [-0.2, 0) is 4.79 Å². The number of carbonyl (C=O) groups is 2. The summed E-state index contributed by atoms with van der Waals surface area (Å²) in [5, 5.41) is 11.6. The minimum atomic E-state index is -1.04. The number of hydrogen-bond acceptors (Lipinski definition) is 4. The number of aromatic carboxylic acids is 1. The molecule has 0 aliphatic rings. The van der Waals surface area contributed by atoms with Gasteiger partial charge in [-0.05, 0) is 32.0 Å². The van der Waals surface area contributed by atoms with Crippen molar-refractivity contribution in [3.05, 3.63) is 23.8 Å². The summed E-state index contributed by atoms with van der Waals surface area (Å²) in [5.74, 6) is -0.392. The van der Waals surface area contributed by atoms with Crippen LogP contribution in [0.2, 0.25) is 0 Å². The summed E-state index contributed by atoms with van der Waals surface area (Å²) in [6.45, 7) is 3.96. The Morgan fingerprint density at radius 1 is 1.30 bits per heavy atom. The highest BCUT2D eigenvalue weighted by molar-refractivity contribution is 5.88. The Kier molecular flexibility index (Phi) is 5.83. The first-order valence-corrected chi connectivity index (χ1v) is 6.27. The normalized spacial score (nSPS) is 10.2. The van der Waals surface area contributed by atoms with Gasteiger partial charge in [0.25, 0.3) is 0 Å². The zero-order chi connectivity index (χ0) is 15.1. The summed E-state index contributed by atoms with van der Waals surface area (Å²) in [4.78, 5) is 22.3. The Morgan fingerprint density at radius 3 is 2.55 bits per heavy atom. The Morgan fingerprint density at radius 2 is 2.00 bits per heavy atom. The SMILES string of the molecule is COc1cc(C(=O)O)ccc1OCCC(=O)NC(C)C. The first-order chi connectivity index (χ1) is 9.43. The lowest BCUT2D eigenvalue weighted by atomic mass is 10.2. The first kappa shape index (κ1) is 15.8. The summed E-state index contributed by atoms with van der Waals surface area (Å²) in [7, 11) is 1.43. The minimum Gasteiger partial charge on any atom is -0.493 e. The predicted octanol–water partition coefficient (Wildman–Crippen LogP) is 1.69. The molecule has 0 unspecified atom stereocenters. The number of hydrogen-bond donors (Lipinski definition) is 2. The number of carboxylic acids is 1. The topological polar surface area (TPSA) is 84.9 Å². The van der Waals surface area contributed by atoms with Gasteiger partial charge in [0.15, 0.2) is 11.5 Å². The van der Waals surface area contributed by atoms with Crippen molar-refractivity contribution in [2.45, 2.75) is 26.3 Å². The van der Waals surface area contributed by atoms with E-state index in [1.54, 1.807) is 0 Å². The lowest BCUT2D eigenvalue weighted by Gasteiger charge is -2.12. The molecule has 6 heteroatoms. The Bertz CT molecular complexity index is 484. The summed E-state index contributed by atoms with van der Waals surface area (Å²) < 4.78 is 10.5. The Labute approximate surface area is 117 Å². The number of carbonyl (C=O) groups excluding carboxylic acids is 1. The van der Waals surface area contributed by atoms with Gasteiger partial charge in [0.2, 0.25) is 5.91 Å². The van der Waals surface area contributed by atoms with Gasteiger partial charge in [0.05, 0.1) is 25.7 Å². The summed E-state index contributed by atoms with van der Waals surface area (Å²) in [6, 6.07) is 4.41. The van der Waals surface area contributed by atoms with Gasteiger partial charge in [-0.1, -0.05) is 0 Å². The van der Waals surface area contributed by atoms with E-state index in [-0.39, 0.29) is 30.5 Å². The van der Waals surface area contributed by atoms with E-state index < -0.39 is 5.97 Å². The van der Waals surface area contributed by atoms with E-state index in [2.05, 4.69) is 5.32 Å². The van der Waals surface area contributed by atoms with Crippen molar-refractivity contribution in [2.75, 3.05) is 13.7 Å². The highest BCUT2D eigenvalue weighted by Crippen LogP contribution is 2.28. The summed E-state index contributed by atoms with van der Waals surface area (Å²) >= 11 is 0. The summed E-state index contributed by atoms with van der Waals surface area (Å²) in [6.07, 6.45) is 0.224. The van der Waals surface area contributed by atoms with E-state index in [4.69, 9.17) is 14.6 Å². The van der Waals surface area contributed by atoms with Crippen molar-refractivity contribution in [1.29, 1.82) is 0 Å². The monoisotopic (exact) mass is 281 g/mol. The number of nitrogens with one attached hydrogen (secondary N) is 1. The number of ether oxygens (including phenoxy) is 2. The molecule has 1 aromatic rings. The lowest BCUT2D eigenvalue weighted by Crippen LogP contribution is -2.31. The Hall–Kier alpha value is -2.24. The van der Waals surface area contributed by atoms with Gasteiger partial charge in [-0.15, -0.1) is 0 Å². The zero-order valence-electron chi connectivity index (χ0n) is 11.8. The van der Waals surface area contributed by atoms with Crippen LogP contribution in [0, 0.1) is 0 Å². The van der Waals surface area contributed by atoms with E-state index in [0.717, 1.165) is 0 Å². The maximum absolute atomic E-state index is 11.4. The first-order valence-electron chi connectivity index (χ1n) is 6.27. The van der Waals surface area contributed by atoms with Crippen molar-refractivity contribution in [3.8, 4) is 11.5 Å². The average Bonchev–Trinajstić information content (AvgIpc) is 2.37. The number of methoxy groups -OCH3 is 1. The summed E-state index contributed by atoms with van der Waals surface area (Å²) in [5.41, 5.74) is 0.117. The maximum Gasteiger partial charge on any atom is 0.335 e. The lowest BCUT2D eigenvalue weighted by molar-refractivity contribution is -0.122. The van der Waals surface area contributed by atoms with E-state index in [1.165, 1.54) is 25.3 Å². The van der Waals surface area contributed by atoms with Crippen molar-refractivity contribution in [3.63, 3.8) is 0 Å². The molecule has 0 radical (unpaired) electrons. The van der Waals surface area contributed by atoms with E-state index in [0.29, 0.717) is 11.5 Å². The minimum absolute atomic E-state index is 0.0897. The molecule has 0 heterocycles. The predicted molar refractivity (Wildman–Crippen MR) is 73.3 cm³/mol. The number of carboxylic acid groups (broad SMARTS) is 1. The van der Waals surface area contributed by atoms with Crippen LogP contribution in [0.1, 0.15) is 30.6 Å². The highest BCUT2D eigenvalue weighted by atomic mass is 16.5. The number of amides is 1. The molecular formula is C14H19NO5. The molecular weight excluding hydrogens is 262 g/mol. The third kappa shape index (κ3) is 4.79. The highest BCUT2D eigenvalue weighted by Gasteiger charge is 2.10. The zero-order valence-corrected chi connectivity index (χ0v) is 11.8. The van der Waals surface area contributed by atoms with Crippen LogP contribution >= 0.6 is 0 Å². The third-order valence-corrected chi connectivity index (χ3v) is 2.45. The smallest absolute Gasteiger partial charge is 0.335 e. The van der Waals surface area contributed by atoms with Gasteiger partial charge in [0.1, 0.15) is 0 Å². The van der Waals surface area contributed by atoms with Gasteiger partial charge in [-0.3, -0.25) is 4.79 Å². The van der Waals surface area contributed by atoms with Crippen LogP contribution < -0.4 is 14.8 Å². The molecule has 0 aliphatic heterocycles. The average molecular weight is 281 g/mol. The second kappa shape index (κ2) is 7.37. The molecule has 2 N–H and O–H groups in total. The van der Waals surface area contributed by atoms with Gasteiger partial charge < -0.3 is 19.9 Å². The molecule has 110 valence electrons. The number of rotatable bonds is 7. The molecule has 0 atom stereocenters. The fourth-order valence-electron chi connectivity index (χ4n) is 1.57.